The highest BCUT2D eigenvalue weighted by atomic mass is 32.2. The second-order valence-corrected chi connectivity index (χ2v) is 6.67. The summed E-state index contributed by atoms with van der Waals surface area (Å²) in [7, 11) is -3.93. The first-order chi connectivity index (χ1) is 9.81. The van der Waals surface area contributed by atoms with Crippen molar-refractivity contribution >= 4 is 21.5 Å². The quantitative estimate of drug-likeness (QED) is 0.635. The molecular formula is C12H13NO7S. The number of ether oxygens (including phenoxy) is 1. The topological polar surface area (TPSA) is 124 Å². The van der Waals surface area contributed by atoms with Gasteiger partial charge in [0.05, 0.1) is 16.8 Å². The first-order valence-corrected chi connectivity index (χ1v) is 7.81. The highest BCUT2D eigenvalue weighted by Gasteiger charge is 2.35. The van der Waals surface area contributed by atoms with E-state index in [9.17, 15) is 23.3 Å². The third-order valence-corrected chi connectivity index (χ3v) is 5.01. The minimum absolute atomic E-state index is 0.229. The molecule has 1 aliphatic rings. The van der Waals surface area contributed by atoms with E-state index in [1.165, 1.54) is 12.1 Å². The highest BCUT2D eigenvalue weighted by Crippen LogP contribution is 2.28. The van der Waals surface area contributed by atoms with Gasteiger partial charge in [-0.25, -0.2) is 13.2 Å². The number of nitro groups is 1. The number of para-hydroxylation sites is 1. The van der Waals surface area contributed by atoms with Crippen LogP contribution in [0.4, 0.5) is 5.69 Å². The average molecular weight is 315 g/mol. The first kappa shape index (κ1) is 15.4. The molecule has 0 aromatic heterocycles. The zero-order chi connectivity index (χ0) is 15.6. The third-order valence-electron chi connectivity index (χ3n) is 3.19. The van der Waals surface area contributed by atoms with Gasteiger partial charge in [0.15, 0.2) is 15.9 Å². The van der Waals surface area contributed by atoms with Crippen LogP contribution < -0.4 is 0 Å². The molecule has 2 atom stereocenters. The molecule has 0 amide bonds. The van der Waals surface area contributed by atoms with E-state index in [1.807, 2.05) is 0 Å². The number of aliphatic carboxylic acids is 1. The minimum Gasteiger partial charge on any atom is -0.479 e. The van der Waals surface area contributed by atoms with Crippen molar-refractivity contribution in [1.29, 1.82) is 0 Å². The predicted octanol–water partition coefficient (Wildman–Crippen LogP) is 1.00. The van der Waals surface area contributed by atoms with E-state index < -0.39 is 44.4 Å². The third kappa shape index (κ3) is 3.37. The molecule has 21 heavy (non-hydrogen) atoms. The molecule has 9 heteroatoms. The van der Waals surface area contributed by atoms with Gasteiger partial charge >= 0.3 is 5.97 Å². The Hall–Kier alpha value is -2.00. The fourth-order valence-electron chi connectivity index (χ4n) is 2.22. The van der Waals surface area contributed by atoms with Crippen molar-refractivity contribution < 1.29 is 28.0 Å². The Balaban J connectivity index is 2.20. The summed E-state index contributed by atoms with van der Waals surface area (Å²) >= 11 is 0. The lowest BCUT2D eigenvalue weighted by atomic mass is 10.2. The first-order valence-electron chi connectivity index (χ1n) is 6.15. The van der Waals surface area contributed by atoms with Gasteiger partial charge in [0.25, 0.3) is 5.69 Å². The standard InChI is InChI=1S/C12H13NO7S/c14-12(15)10-6-5-8(20-10)7-21(18,19)11-4-2-1-3-9(11)13(16)17/h1-4,8,10H,5-7H2,(H,14,15). The molecule has 1 heterocycles. The van der Waals surface area contributed by atoms with Gasteiger partial charge in [0.1, 0.15) is 4.90 Å². The van der Waals surface area contributed by atoms with Gasteiger partial charge in [-0.1, -0.05) is 12.1 Å². The predicted molar refractivity (Wildman–Crippen MR) is 70.7 cm³/mol. The summed E-state index contributed by atoms with van der Waals surface area (Å²) in [6.45, 7) is 0. The van der Waals surface area contributed by atoms with Crippen LogP contribution in [0.3, 0.4) is 0 Å². The number of sulfone groups is 1. The Morgan fingerprint density at radius 3 is 2.62 bits per heavy atom. The molecule has 1 aliphatic heterocycles. The Kier molecular flexibility index (Phi) is 4.24. The summed E-state index contributed by atoms with van der Waals surface area (Å²) in [4.78, 5) is 20.5. The molecule has 8 nitrogen and oxygen atoms in total. The number of nitrogens with zero attached hydrogens (tertiary/aromatic N) is 1. The molecular weight excluding hydrogens is 302 g/mol. The molecule has 0 aliphatic carbocycles. The van der Waals surface area contributed by atoms with Crippen molar-refractivity contribution in [3.63, 3.8) is 0 Å². The Morgan fingerprint density at radius 1 is 1.38 bits per heavy atom. The summed E-state index contributed by atoms with van der Waals surface area (Å²) in [5.41, 5.74) is -0.495. The SMILES string of the molecule is O=C(O)C1CCC(CS(=O)(=O)c2ccccc2[N+](=O)[O-])O1. The molecule has 0 radical (unpaired) electrons. The largest absolute Gasteiger partial charge is 0.479 e. The van der Waals surface area contributed by atoms with Gasteiger partial charge < -0.3 is 9.84 Å². The molecule has 2 rings (SSSR count). The maximum atomic E-state index is 12.3. The van der Waals surface area contributed by atoms with E-state index >= 15 is 0 Å². The van der Waals surface area contributed by atoms with Crippen molar-refractivity contribution in [2.24, 2.45) is 0 Å². The van der Waals surface area contributed by atoms with Crippen LogP contribution in [-0.4, -0.2) is 42.4 Å². The van der Waals surface area contributed by atoms with Crippen molar-refractivity contribution in [3.8, 4) is 0 Å². The van der Waals surface area contributed by atoms with Gasteiger partial charge in [0.2, 0.25) is 0 Å². The zero-order valence-corrected chi connectivity index (χ0v) is 11.7. The summed E-state index contributed by atoms with van der Waals surface area (Å²) in [6.07, 6.45) is -1.27. The molecule has 1 saturated heterocycles. The molecule has 114 valence electrons. The number of hydrogen-bond donors (Lipinski definition) is 1. The van der Waals surface area contributed by atoms with E-state index in [0.717, 1.165) is 12.1 Å². The summed E-state index contributed by atoms with van der Waals surface area (Å²) in [6, 6.07) is 5.05. The van der Waals surface area contributed by atoms with Gasteiger partial charge in [-0.3, -0.25) is 10.1 Å². The number of hydrogen-bond acceptors (Lipinski definition) is 6. The fourth-order valence-corrected chi connectivity index (χ4v) is 3.88. The molecule has 0 saturated carbocycles. The number of rotatable bonds is 5. The maximum absolute atomic E-state index is 12.3. The Bertz CT molecular complexity index is 670. The van der Waals surface area contributed by atoms with E-state index in [1.54, 1.807) is 0 Å². The van der Waals surface area contributed by atoms with Gasteiger partial charge in [-0.2, -0.15) is 0 Å². The molecule has 0 bridgehead atoms. The van der Waals surface area contributed by atoms with E-state index in [-0.39, 0.29) is 17.7 Å². The molecule has 1 N–H and O–H groups in total. The second kappa shape index (κ2) is 5.78. The average Bonchev–Trinajstić information content (AvgIpc) is 2.86. The number of nitro benzene ring substituents is 1. The molecule has 0 spiro atoms. The van der Waals surface area contributed by atoms with Crippen LogP contribution in [-0.2, 0) is 19.4 Å². The lowest BCUT2D eigenvalue weighted by Crippen LogP contribution is -2.25. The Morgan fingerprint density at radius 2 is 2.05 bits per heavy atom. The molecule has 1 fully saturated rings. The number of carboxylic acid groups (broad SMARTS) is 1. The van der Waals surface area contributed by atoms with Crippen molar-refractivity contribution in [1.82, 2.24) is 0 Å². The van der Waals surface area contributed by atoms with E-state index in [0.29, 0.717) is 0 Å². The van der Waals surface area contributed by atoms with E-state index in [2.05, 4.69) is 0 Å². The number of carboxylic acids is 1. The lowest BCUT2D eigenvalue weighted by Gasteiger charge is -2.11. The van der Waals surface area contributed by atoms with Crippen LogP contribution in [0.2, 0.25) is 0 Å². The minimum atomic E-state index is -3.93. The van der Waals surface area contributed by atoms with Crippen LogP contribution in [0.15, 0.2) is 29.2 Å². The maximum Gasteiger partial charge on any atom is 0.332 e. The Labute approximate surface area is 120 Å². The fraction of sp³-hybridized carbons (Fsp3) is 0.417. The number of benzene rings is 1. The second-order valence-electron chi connectivity index (χ2n) is 4.67. The van der Waals surface area contributed by atoms with Crippen LogP contribution in [0.1, 0.15) is 12.8 Å². The van der Waals surface area contributed by atoms with E-state index in [4.69, 9.17) is 9.84 Å². The van der Waals surface area contributed by atoms with Gasteiger partial charge in [-0.05, 0) is 18.9 Å². The van der Waals surface area contributed by atoms with Crippen LogP contribution >= 0.6 is 0 Å². The number of carbonyl (C=O) groups is 1. The lowest BCUT2D eigenvalue weighted by molar-refractivity contribution is -0.387. The van der Waals surface area contributed by atoms with Crippen molar-refractivity contribution in [2.75, 3.05) is 5.75 Å². The summed E-state index contributed by atoms with van der Waals surface area (Å²) in [5, 5.41) is 19.7. The van der Waals surface area contributed by atoms with Gasteiger partial charge in [0, 0.05) is 6.07 Å². The van der Waals surface area contributed by atoms with Crippen LogP contribution in [0, 0.1) is 10.1 Å². The molecule has 2 unspecified atom stereocenters. The monoisotopic (exact) mass is 315 g/mol. The van der Waals surface area contributed by atoms with Crippen molar-refractivity contribution in [2.45, 2.75) is 29.9 Å². The van der Waals surface area contributed by atoms with Gasteiger partial charge in [-0.15, -0.1) is 0 Å². The molecule has 1 aromatic carbocycles. The normalized spacial score (nSPS) is 22.1. The smallest absolute Gasteiger partial charge is 0.332 e. The highest BCUT2D eigenvalue weighted by molar-refractivity contribution is 7.91. The van der Waals surface area contributed by atoms with Crippen LogP contribution in [0.25, 0.3) is 0 Å². The summed E-state index contributed by atoms with van der Waals surface area (Å²) in [5.74, 6) is -1.61. The molecule has 1 aromatic rings. The summed E-state index contributed by atoms with van der Waals surface area (Å²) < 4.78 is 29.6. The van der Waals surface area contributed by atoms with Crippen molar-refractivity contribution in [3.05, 3.63) is 34.4 Å². The zero-order valence-electron chi connectivity index (χ0n) is 10.8. The van der Waals surface area contributed by atoms with Crippen LogP contribution in [0.5, 0.6) is 0 Å².